The number of aliphatic carboxylic acids is 1. The van der Waals surface area contributed by atoms with Crippen LogP contribution in [0, 0.1) is 0 Å². The summed E-state index contributed by atoms with van der Waals surface area (Å²) < 4.78 is 0.999. The number of phenolic OH excluding ortho intramolecular Hbond substituents is 1. The summed E-state index contributed by atoms with van der Waals surface area (Å²) in [5.74, 6) is -0.685. The van der Waals surface area contributed by atoms with Crippen molar-refractivity contribution in [2.24, 2.45) is 0 Å². The zero-order valence-corrected chi connectivity index (χ0v) is 8.04. The van der Waals surface area contributed by atoms with Crippen molar-refractivity contribution in [1.82, 2.24) is 0 Å². The summed E-state index contributed by atoms with van der Waals surface area (Å²) in [5.41, 5.74) is 0.758. The van der Waals surface area contributed by atoms with E-state index in [0.29, 0.717) is 0 Å². The summed E-state index contributed by atoms with van der Waals surface area (Å²) in [4.78, 5) is 10.5. The van der Waals surface area contributed by atoms with Crippen LogP contribution in [-0.2, 0) is 11.2 Å². The zero-order valence-electron chi connectivity index (χ0n) is 7.23. The summed E-state index contributed by atoms with van der Waals surface area (Å²) in [7, 11) is 0. The van der Waals surface area contributed by atoms with Gasteiger partial charge in [-0.15, -0.1) is 11.3 Å². The molecule has 0 aliphatic heterocycles. The molecule has 2 aromatic rings. The molecule has 0 saturated carbocycles. The second-order valence-corrected chi connectivity index (χ2v) is 3.92. The molecule has 0 aliphatic carbocycles. The highest BCUT2D eigenvalue weighted by Crippen LogP contribution is 2.29. The van der Waals surface area contributed by atoms with Crippen LogP contribution in [0.1, 0.15) is 5.56 Å². The second-order valence-electron chi connectivity index (χ2n) is 3.01. The van der Waals surface area contributed by atoms with E-state index < -0.39 is 5.97 Å². The highest BCUT2D eigenvalue weighted by molar-refractivity contribution is 7.17. The van der Waals surface area contributed by atoms with Gasteiger partial charge in [0.2, 0.25) is 0 Å². The average Bonchev–Trinajstić information content (AvgIpc) is 2.47. The normalized spacial score (nSPS) is 10.6. The first-order chi connectivity index (χ1) is 6.66. The van der Waals surface area contributed by atoms with Gasteiger partial charge in [0.15, 0.2) is 0 Å². The molecular formula is C10H8O3S. The van der Waals surface area contributed by atoms with Gasteiger partial charge in [0.25, 0.3) is 0 Å². The molecule has 1 heterocycles. The van der Waals surface area contributed by atoms with Gasteiger partial charge in [0.1, 0.15) is 5.75 Å². The van der Waals surface area contributed by atoms with E-state index in [2.05, 4.69) is 0 Å². The molecule has 14 heavy (non-hydrogen) atoms. The molecule has 0 spiro atoms. The summed E-state index contributed by atoms with van der Waals surface area (Å²) in [6, 6.07) is 4.99. The van der Waals surface area contributed by atoms with Crippen LogP contribution in [0.3, 0.4) is 0 Å². The van der Waals surface area contributed by atoms with Crippen LogP contribution in [0.5, 0.6) is 5.75 Å². The first-order valence-corrected chi connectivity index (χ1v) is 4.95. The average molecular weight is 208 g/mol. The summed E-state index contributed by atoms with van der Waals surface area (Å²) in [6.45, 7) is 0. The Kier molecular flexibility index (Phi) is 2.13. The van der Waals surface area contributed by atoms with Crippen LogP contribution in [0.4, 0.5) is 0 Å². The number of phenols is 1. The van der Waals surface area contributed by atoms with Crippen molar-refractivity contribution >= 4 is 27.4 Å². The number of aromatic hydroxyl groups is 1. The van der Waals surface area contributed by atoms with Crippen molar-refractivity contribution < 1.29 is 15.0 Å². The van der Waals surface area contributed by atoms with Gasteiger partial charge in [0, 0.05) is 4.70 Å². The van der Waals surface area contributed by atoms with Gasteiger partial charge in [-0.05, 0) is 34.5 Å². The number of carboxylic acids is 1. The molecule has 0 fully saturated rings. The molecule has 4 heteroatoms. The Morgan fingerprint density at radius 2 is 2.21 bits per heavy atom. The van der Waals surface area contributed by atoms with Gasteiger partial charge >= 0.3 is 5.97 Å². The quantitative estimate of drug-likeness (QED) is 0.795. The van der Waals surface area contributed by atoms with Crippen molar-refractivity contribution in [3.63, 3.8) is 0 Å². The van der Waals surface area contributed by atoms with Crippen molar-refractivity contribution in [1.29, 1.82) is 0 Å². The smallest absolute Gasteiger partial charge is 0.307 e. The van der Waals surface area contributed by atoms with Crippen LogP contribution in [-0.4, -0.2) is 16.2 Å². The molecule has 1 aromatic carbocycles. The van der Waals surface area contributed by atoms with Gasteiger partial charge in [-0.1, -0.05) is 0 Å². The Morgan fingerprint density at radius 1 is 1.43 bits per heavy atom. The third-order valence-electron chi connectivity index (χ3n) is 1.98. The maximum absolute atomic E-state index is 10.5. The highest BCUT2D eigenvalue weighted by Gasteiger charge is 2.07. The monoisotopic (exact) mass is 208 g/mol. The molecule has 0 unspecified atom stereocenters. The van der Waals surface area contributed by atoms with E-state index in [0.717, 1.165) is 15.6 Å². The molecular weight excluding hydrogens is 200 g/mol. The highest BCUT2D eigenvalue weighted by atomic mass is 32.1. The minimum Gasteiger partial charge on any atom is -0.508 e. The van der Waals surface area contributed by atoms with E-state index >= 15 is 0 Å². The third-order valence-corrected chi connectivity index (χ3v) is 2.99. The van der Waals surface area contributed by atoms with E-state index in [-0.39, 0.29) is 12.2 Å². The van der Waals surface area contributed by atoms with Gasteiger partial charge < -0.3 is 10.2 Å². The van der Waals surface area contributed by atoms with E-state index in [1.165, 1.54) is 11.3 Å². The lowest BCUT2D eigenvalue weighted by molar-refractivity contribution is -0.136. The van der Waals surface area contributed by atoms with E-state index in [4.69, 9.17) is 5.11 Å². The molecule has 0 atom stereocenters. The van der Waals surface area contributed by atoms with Crippen molar-refractivity contribution in [2.45, 2.75) is 6.42 Å². The topological polar surface area (TPSA) is 57.5 Å². The number of carbonyl (C=O) groups is 1. The first kappa shape index (κ1) is 9.02. The Morgan fingerprint density at radius 3 is 2.93 bits per heavy atom. The summed E-state index contributed by atoms with van der Waals surface area (Å²) in [5, 5.41) is 20.6. The van der Waals surface area contributed by atoms with Crippen LogP contribution >= 0.6 is 11.3 Å². The SMILES string of the molecule is O=C(O)Cc1csc2ccc(O)cc12. The number of thiophene rings is 1. The summed E-state index contributed by atoms with van der Waals surface area (Å²) in [6.07, 6.45) is 0.00343. The lowest BCUT2D eigenvalue weighted by Crippen LogP contribution is -1.98. The molecule has 72 valence electrons. The van der Waals surface area contributed by atoms with E-state index in [9.17, 15) is 9.90 Å². The molecule has 0 bridgehead atoms. The zero-order chi connectivity index (χ0) is 10.1. The van der Waals surface area contributed by atoms with Crippen LogP contribution in [0.25, 0.3) is 10.1 Å². The molecule has 0 aliphatic rings. The van der Waals surface area contributed by atoms with Gasteiger partial charge in [0.05, 0.1) is 6.42 Å². The van der Waals surface area contributed by atoms with Crippen molar-refractivity contribution in [3.05, 3.63) is 29.1 Å². The molecule has 2 N–H and O–H groups in total. The fourth-order valence-corrected chi connectivity index (χ4v) is 2.31. The number of hydrogen-bond acceptors (Lipinski definition) is 3. The molecule has 0 amide bonds. The Balaban J connectivity index is 2.55. The largest absolute Gasteiger partial charge is 0.508 e. The van der Waals surface area contributed by atoms with Gasteiger partial charge in [-0.2, -0.15) is 0 Å². The number of fused-ring (bicyclic) bond motifs is 1. The predicted molar refractivity (Wildman–Crippen MR) is 54.8 cm³/mol. The van der Waals surface area contributed by atoms with Crippen LogP contribution in [0.2, 0.25) is 0 Å². The van der Waals surface area contributed by atoms with Crippen LogP contribution < -0.4 is 0 Å². The minimum atomic E-state index is -0.854. The standard InChI is InChI=1S/C10H8O3S/c11-7-1-2-9-8(4-7)6(5-14-9)3-10(12)13/h1-2,4-5,11H,3H2,(H,12,13). The summed E-state index contributed by atoms with van der Waals surface area (Å²) >= 11 is 1.49. The van der Waals surface area contributed by atoms with Gasteiger partial charge in [-0.25, -0.2) is 0 Å². The molecule has 0 radical (unpaired) electrons. The fourth-order valence-electron chi connectivity index (χ4n) is 1.37. The number of carboxylic acid groups (broad SMARTS) is 1. The number of benzene rings is 1. The maximum atomic E-state index is 10.5. The van der Waals surface area contributed by atoms with Crippen molar-refractivity contribution in [2.75, 3.05) is 0 Å². The third kappa shape index (κ3) is 1.56. The second kappa shape index (κ2) is 3.31. The fraction of sp³-hybridized carbons (Fsp3) is 0.100. The molecule has 1 aromatic heterocycles. The van der Waals surface area contributed by atoms with Crippen LogP contribution in [0.15, 0.2) is 23.6 Å². The molecule has 2 rings (SSSR count). The lowest BCUT2D eigenvalue weighted by Gasteiger charge is -1.95. The molecule has 3 nitrogen and oxygen atoms in total. The Bertz CT molecular complexity index is 487. The molecule has 0 saturated heterocycles. The minimum absolute atomic E-state index is 0.00343. The van der Waals surface area contributed by atoms with E-state index in [1.54, 1.807) is 18.2 Å². The maximum Gasteiger partial charge on any atom is 0.307 e. The van der Waals surface area contributed by atoms with E-state index in [1.807, 2.05) is 5.38 Å². The number of rotatable bonds is 2. The number of hydrogen-bond donors (Lipinski definition) is 2. The van der Waals surface area contributed by atoms with Crippen molar-refractivity contribution in [3.8, 4) is 5.75 Å². The van der Waals surface area contributed by atoms with Gasteiger partial charge in [-0.3, -0.25) is 4.79 Å². The predicted octanol–water partition coefficient (Wildman–Crippen LogP) is 2.23. The Labute approximate surface area is 84.2 Å². The lowest BCUT2D eigenvalue weighted by atomic mass is 10.1. The Hall–Kier alpha value is -1.55. The first-order valence-electron chi connectivity index (χ1n) is 4.07.